The van der Waals surface area contributed by atoms with Crippen LogP contribution in [0.2, 0.25) is 0 Å². The minimum absolute atomic E-state index is 0.485. The number of aryl methyl sites for hydroxylation is 2. The Kier molecular flexibility index (Phi) is 7.46. The lowest BCUT2D eigenvalue weighted by atomic mass is 10.0. The van der Waals surface area contributed by atoms with Gasteiger partial charge in [-0.3, -0.25) is 9.59 Å². The number of ketones is 1. The second kappa shape index (κ2) is 11.5. The number of hydrogen-bond acceptors (Lipinski definition) is 6. The van der Waals surface area contributed by atoms with Crippen LogP contribution < -0.4 is 19.9 Å². The first-order valence-electron chi connectivity index (χ1n) is 14.3. The van der Waals surface area contributed by atoms with Crippen molar-refractivity contribution in [1.29, 1.82) is 0 Å². The van der Waals surface area contributed by atoms with Gasteiger partial charge in [-0.25, -0.2) is 0 Å². The van der Waals surface area contributed by atoms with E-state index in [0.717, 1.165) is 85.9 Å². The van der Waals surface area contributed by atoms with Crippen molar-refractivity contribution in [2.24, 2.45) is 0 Å². The van der Waals surface area contributed by atoms with Crippen LogP contribution in [-0.4, -0.2) is 54.5 Å². The summed E-state index contributed by atoms with van der Waals surface area (Å²) < 4.78 is 7.38. The second-order valence-electron chi connectivity index (χ2n) is 10.7. The number of nitrogens with zero attached hydrogens (tertiary/aromatic N) is 4. The van der Waals surface area contributed by atoms with Gasteiger partial charge in [0.15, 0.2) is 0 Å². The third-order valence-corrected chi connectivity index (χ3v) is 7.99. The van der Waals surface area contributed by atoms with Gasteiger partial charge in [-0.2, -0.15) is 4.98 Å². The Hall–Kier alpha value is -4.59. The molecule has 6 rings (SSSR count). The number of aromatic nitrogens is 2. The average Bonchev–Trinajstić information content (AvgIpc) is 3.41. The normalized spacial score (nSPS) is 14.9. The number of amides is 1. The lowest BCUT2D eigenvalue weighted by Gasteiger charge is -2.37. The first-order valence-corrected chi connectivity index (χ1v) is 14.3. The van der Waals surface area contributed by atoms with E-state index < -0.39 is 11.7 Å². The van der Waals surface area contributed by atoms with Gasteiger partial charge in [-0.15, -0.1) is 0 Å². The van der Waals surface area contributed by atoms with Crippen LogP contribution in [0.5, 0.6) is 5.88 Å². The quantitative estimate of drug-likeness (QED) is 0.247. The summed E-state index contributed by atoms with van der Waals surface area (Å²) in [5.41, 5.74) is 6.19. The SMILES string of the molecule is COc1cc(C)cc(N2CCN(c3ccc(NC(=O)C(=O)c4c(-c5ccccc5)cc5n4CCCC5)cc3)CC2)n1. The number of benzene rings is 2. The summed E-state index contributed by atoms with van der Waals surface area (Å²) in [6.45, 7) is 6.20. The molecule has 0 atom stereocenters. The van der Waals surface area contributed by atoms with Gasteiger partial charge in [0.25, 0.3) is 11.7 Å². The van der Waals surface area contributed by atoms with Gasteiger partial charge in [0, 0.05) is 61.4 Å². The first kappa shape index (κ1) is 26.6. The summed E-state index contributed by atoms with van der Waals surface area (Å²) in [6.07, 6.45) is 3.01. The molecule has 1 fully saturated rings. The van der Waals surface area contributed by atoms with E-state index in [-0.39, 0.29) is 0 Å². The number of piperazine rings is 1. The van der Waals surface area contributed by atoms with Crippen LogP contribution in [0.25, 0.3) is 11.1 Å². The van der Waals surface area contributed by atoms with E-state index in [1.807, 2.05) is 72.2 Å². The molecule has 1 saturated heterocycles. The molecule has 8 nitrogen and oxygen atoms in total. The minimum atomic E-state index is -0.615. The number of fused-ring (bicyclic) bond motifs is 1. The molecule has 4 aromatic rings. The van der Waals surface area contributed by atoms with Gasteiger partial charge < -0.3 is 24.4 Å². The number of rotatable bonds is 7. The standard InChI is InChI=1S/C33H35N5O3/c1-23-20-29(35-30(21-23)41-2)37-18-16-36(17-19-37)26-13-11-25(12-14-26)34-33(40)32(39)31-28(24-8-4-3-5-9-24)22-27-10-6-7-15-38(27)31/h3-5,8-9,11-14,20-22H,6-7,10,15-19H2,1-2H3,(H,34,40). The zero-order valence-corrected chi connectivity index (χ0v) is 23.6. The Labute approximate surface area is 240 Å². The molecule has 2 aliphatic heterocycles. The fraction of sp³-hybridized carbons (Fsp3) is 0.303. The van der Waals surface area contributed by atoms with Crippen molar-refractivity contribution in [2.75, 3.05) is 48.4 Å². The molecule has 2 aromatic heterocycles. The number of carbonyl (C=O) groups excluding carboxylic acids is 2. The molecule has 1 amide bonds. The van der Waals surface area contributed by atoms with Crippen molar-refractivity contribution in [2.45, 2.75) is 32.7 Å². The number of Topliss-reactive ketones (excluding diaryl/α,β-unsaturated/α-hetero) is 1. The van der Waals surface area contributed by atoms with Crippen molar-refractivity contribution < 1.29 is 14.3 Å². The molecule has 0 radical (unpaired) electrons. The lowest BCUT2D eigenvalue weighted by Crippen LogP contribution is -2.46. The topological polar surface area (TPSA) is 79.7 Å². The van der Waals surface area contributed by atoms with Crippen LogP contribution in [0.4, 0.5) is 17.2 Å². The van der Waals surface area contributed by atoms with E-state index >= 15 is 0 Å². The number of pyridine rings is 1. The zero-order chi connectivity index (χ0) is 28.3. The van der Waals surface area contributed by atoms with Gasteiger partial charge in [-0.1, -0.05) is 30.3 Å². The van der Waals surface area contributed by atoms with Crippen molar-refractivity contribution in [1.82, 2.24) is 9.55 Å². The molecule has 0 bridgehead atoms. The monoisotopic (exact) mass is 549 g/mol. The Morgan fingerprint density at radius 1 is 0.854 bits per heavy atom. The number of methoxy groups -OCH3 is 1. The highest BCUT2D eigenvalue weighted by molar-refractivity contribution is 6.47. The van der Waals surface area contributed by atoms with Crippen molar-refractivity contribution >= 4 is 28.9 Å². The van der Waals surface area contributed by atoms with Crippen molar-refractivity contribution in [3.8, 4) is 17.0 Å². The largest absolute Gasteiger partial charge is 0.481 e. The van der Waals surface area contributed by atoms with Gasteiger partial charge in [0.05, 0.1) is 7.11 Å². The molecule has 0 aliphatic carbocycles. The summed E-state index contributed by atoms with van der Waals surface area (Å²) in [4.78, 5) is 35.9. The fourth-order valence-electron chi connectivity index (χ4n) is 5.85. The molecule has 41 heavy (non-hydrogen) atoms. The highest BCUT2D eigenvalue weighted by Gasteiger charge is 2.28. The summed E-state index contributed by atoms with van der Waals surface area (Å²) in [5.74, 6) is 0.449. The molecule has 0 unspecified atom stereocenters. The van der Waals surface area contributed by atoms with Crippen LogP contribution in [-0.2, 0) is 17.8 Å². The molecular weight excluding hydrogens is 514 g/mol. The van der Waals surface area contributed by atoms with Crippen molar-refractivity contribution in [3.63, 3.8) is 0 Å². The Balaban J connectivity index is 1.12. The fourth-order valence-corrected chi connectivity index (χ4v) is 5.85. The summed E-state index contributed by atoms with van der Waals surface area (Å²) in [7, 11) is 1.64. The number of anilines is 3. The van der Waals surface area contributed by atoms with Gasteiger partial charge in [0.1, 0.15) is 11.5 Å². The highest BCUT2D eigenvalue weighted by Crippen LogP contribution is 2.32. The number of ether oxygens (including phenoxy) is 1. The first-order chi connectivity index (χ1) is 20.0. The molecule has 210 valence electrons. The molecule has 0 spiro atoms. The molecule has 8 heteroatoms. The summed E-state index contributed by atoms with van der Waals surface area (Å²) in [5, 5.41) is 2.84. The third-order valence-electron chi connectivity index (χ3n) is 7.99. The smallest absolute Gasteiger partial charge is 0.298 e. The molecule has 2 aliphatic rings. The Morgan fingerprint density at radius 3 is 2.32 bits per heavy atom. The minimum Gasteiger partial charge on any atom is -0.481 e. The molecule has 2 aromatic carbocycles. The molecule has 0 saturated carbocycles. The second-order valence-corrected chi connectivity index (χ2v) is 10.7. The van der Waals surface area contributed by atoms with E-state index in [9.17, 15) is 9.59 Å². The van der Waals surface area contributed by atoms with Crippen LogP contribution in [0, 0.1) is 6.92 Å². The Morgan fingerprint density at radius 2 is 1.59 bits per heavy atom. The van der Waals surface area contributed by atoms with E-state index in [1.54, 1.807) is 7.11 Å². The summed E-state index contributed by atoms with van der Waals surface area (Å²) in [6, 6.07) is 23.7. The highest BCUT2D eigenvalue weighted by atomic mass is 16.5. The average molecular weight is 550 g/mol. The van der Waals surface area contributed by atoms with E-state index in [4.69, 9.17) is 4.74 Å². The number of carbonyl (C=O) groups is 2. The molecule has 4 heterocycles. The predicted molar refractivity (Wildman–Crippen MR) is 162 cm³/mol. The van der Waals surface area contributed by atoms with Gasteiger partial charge in [0.2, 0.25) is 5.88 Å². The van der Waals surface area contributed by atoms with E-state index in [0.29, 0.717) is 17.3 Å². The van der Waals surface area contributed by atoms with Gasteiger partial charge >= 0.3 is 0 Å². The van der Waals surface area contributed by atoms with Crippen LogP contribution in [0.1, 0.15) is 34.6 Å². The third kappa shape index (κ3) is 5.55. The lowest BCUT2D eigenvalue weighted by molar-refractivity contribution is -0.112. The summed E-state index contributed by atoms with van der Waals surface area (Å²) >= 11 is 0. The van der Waals surface area contributed by atoms with E-state index in [1.165, 1.54) is 0 Å². The maximum absolute atomic E-state index is 13.5. The van der Waals surface area contributed by atoms with Crippen LogP contribution in [0.15, 0.2) is 72.8 Å². The van der Waals surface area contributed by atoms with Crippen LogP contribution >= 0.6 is 0 Å². The maximum Gasteiger partial charge on any atom is 0.298 e. The number of nitrogens with one attached hydrogen (secondary N) is 1. The van der Waals surface area contributed by atoms with Gasteiger partial charge in [-0.05, 0) is 73.7 Å². The van der Waals surface area contributed by atoms with E-state index in [2.05, 4.69) is 32.2 Å². The molecular formula is C33H35N5O3. The zero-order valence-electron chi connectivity index (χ0n) is 23.6. The molecule has 1 N–H and O–H groups in total. The number of hydrogen-bond donors (Lipinski definition) is 1. The van der Waals surface area contributed by atoms with Crippen LogP contribution in [0.3, 0.4) is 0 Å². The predicted octanol–water partition coefficient (Wildman–Crippen LogP) is 5.35. The van der Waals surface area contributed by atoms with Crippen molar-refractivity contribution in [3.05, 3.63) is 89.7 Å². The maximum atomic E-state index is 13.5. The Bertz CT molecular complexity index is 1550.